The lowest BCUT2D eigenvalue weighted by molar-refractivity contribution is 0.0754. The molecule has 0 aliphatic carbocycles. The summed E-state index contributed by atoms with van der Waals surface area (Å²) in [4.78, 5) is 25.2. The van der Waals surface area contributed by atoms with Gasteiger partial charge in [-0.1, -0.05) is 35.9 Å². The predicted octanol–water partition coefficient (Wildman–Crippen LogP) is 3.95. The summed E-state index contributed by atoms with van der Waals surface area (Å²) in [6.45, 7) is 2.67. The smallest absolute Gasteiger partial charge is 0.259 e. The molecule has 8 heteroatoms. The van der Waals surface area contributed by atoms with E-state index in [9.17, 15) is 4.79 Å². The lowest BCUT2D eigenvalue weighted by Crippen LogP contribution is -2.33. The van der Waals surface area contributed by atoms with Crippen molar-refractivity contribution >= 4 is 23.3 Å². The lowest BCUT2D eigenvalue weighted by Gasteiger charge is -2.22. The van der Waals surface area contributed by atoms with Gasteiger partial charge >= 0.3 is 0 Å². The van der Waals surface area contributed by atoms with E-state index < -0.39 is 0 Å². The zero-order valence-corrected chi connectivity index (χ0v) is 19.6. The fourth-order valence-corrected chi connectivity index (χ4v) is 4.11. The van der Waals surface area contributed by atoms with Gasteiger partial charge < -0.3 is 19.9 Å². The third-order valence-electron chi connectivity index (χ3n) is 5.73. The molecule has 4 rings (SSSR count). The maximum atomic E-state index is 13.1. The minimum absolute atomic E-state index is 0.0524. The molecular weight excluding hydrogens is 438 g/mol. The Morgan fingerprint density at radius 1 is 1.18 bits per heavy atom. The van der Waals surface area contributed by atoms with Crippen LogP contribution in [0.2, 0.25) is 5.02 Å². The molecule has 1 aliphatic rings. The molecule has 1 atom stereocenters. The highest BCUT2D eigenvalue weighted by atomic mass is 35.5. The number of hydrogen-bond donors (Lipinski definition) is 1. The topological polar surface area (TPSA) is 70.6 Å². The summed E-state index contributed by atoms with van der Waals surface area (Å²) in [5, 5.41) is 3.87. The Hall–Kier alpha value is -3.16. The van der Waals surface area contributed by atoms with Crippen molar-refractivity contribution in [2.24, 2.45) is 0 Å². The molecular formula is C25H28ClN5O2. The van der Waals surface area contributed by atoms with Crippen LogP contribution in [0.3, 0.4) is 0 Å². The number of carbonyl (C=O) groups is 1. The third-order valence-corrected chi connectivity index (χ3v) is 5.96. The number of rotatable bonds is 8. The normalized spacial score (nSPS) is 14.6. The zero-order chi connectivity index (χ0) is 23.2. The van der Waals surface area contributed by atoms with Gasteiger partial charge in [-0.05, 0) is 49.0 Å². The molecule has 0 fully saturated rings. The van der Waals surface area contributed by atoms with E-state index in [1.54, 1.807) is 6.20 Å². The minimum atomic E-state index is -0.110. The molecule has 1 unspecified atom stereocenters. The van der Waals surface area contributed by atoms with Crippen molar-refractivity contribution in [2.75, 3.05) is 38.6 Å². The van der Waals surface area contributed by atoms with Gasteiger partial charge in [-0.25, -0.2) is 9.97 Å². The summed E-state index contributed by atoms with van der Waals surface area (Å²) in [6, 6.07) is 15.7. The number of likely N-dealkylation sites (N-methyl/N-ethyl adjacent to an activating group) is 1. The zero-order valence-electron chi connectivity index (χ0n) is 18.9. The molecule has 172 valence electrons. The quantitative estimate of drug-likeness (QED) is 0.543. The van der Waals surface area contributed by atoms with Crippen LogP contribution < -0.4 is 15.0 Å². The number of anilines is 1. The van der Waals surface area contributed by atoms with Gasteiger partial charge in [0.05, 0.1) is 0 Å². The van der Waals surface area contributed by atoms with Crippen molar-refractivity contribution in [3.8, 4) is 5.75 Å². The van der Waals surface area contributed by atoms with Gasteiger partial charge in [-0.2, -0.15) is 0 Å². The second-order valence-electron chi connectivity index (χ2n) is 8.11. The van der Waals surface area contributed by atoms with Crippen molar-refractivity contribution in [1.29, 1.82) is 0 Å². The maximum Gasteiger partial charge on any atom is 0.259 e. The molecule has 0 saturated heterocycles. The number of halogens is 1. The van der Waals surface area contributed by atoms with Crippen molar-refractivity contribution in [1.82, 2.24) is 20.2 Å². The second kappa shape index (κ2) is 10.6. The fourth-order valence-electron chi connectivity index (χ4n) is 3.91. The fraction of sp³-hybridized carbons (Fsp3) is 0.320. The van der Waals surface area contributed by atoms with E-state index in [1.807, 2.05) is 72.4 Å². The van der Waals surface area contributed by atoms with Crippen LogP contribution >= 0.6 is 11.6 Å². The SMILES string of the molecule is CNCCC(Oc1ccc(CN2CCN(C)c3ncncc3C2=O)cc1)c1cccc(Cl)c1. The Bertz CT molecular complexity index is 1090. The number of fused-ring (bicyclic) bond motifs is 1. The number of ether oxygens (including phenoxy) is 1. The highest BCUT2D eigenvalue weighted by Gasteiger charge is 2.26. The number of nitrogens with zero attached hydrogens (tertiary/aromatic N) is 4. The molecule has 1 aliphatic heterocycles. The van der Waals surface area contributed by atoms with Crippen molar-refractivity contribution in [2.45, 2.75) is 19.1 Å². The number of aromatic nitrogens is 2. The van der Waals surface area contributed by atoms with Crippen LogP contribution in [0.4, 0.5) is 5.82 Å². The standard InChI is InChI=1S/C25H28ClN5O2/c1-27-11-10-23(19-4-3-5-20(26)14-19)33-21-8-6-18(7-9-21)16-31-13-12-30(2)24-22(25(31)32)15-28-17-29-24/h3-9,14-15,17,23,27H,10-13,16H2,1-2H3. The van der Waals surface area contributed by atoms with Gasteiger partial charge in [0.1, 0.15) is 29.6 Å². The summed E-state index contributed by atoms with van der Waals surface area (Å²) in [7, 11) is 3.87. The maximum absolute atomic E-state index is 13.1. The Balaban J connectivity index is 1.46. The molecule has 7 nitrogen and oxygen atoms in total. The average molecular weight is 466 g/mol. The van der Waals surface area contributed by atoms with Gasteiger partial charge in [0.2, 0.25) is 0 Å². The van der Waals surface area contributed by atoms with Crippen molar-refractivity contribution in [3.63, 3.8) is 0 Å². The van der Waals surface area contributed by atoms with Crippen LogP contribution in [0.15, 0.2) is 61.1 Å². The number of hydrogen-bond acceptors (Lipinski definition) is 6. The summed E-state index contributed by atoms with van der Waals surface area (Å²) >= 11 is 6.19. The molecule has 0 saturated carbocycles. The first-order valence-corrected chi connectivity index (χ1v) is 11.4. The largest absolute Gasteiger partial charge is 0.486 e. The molecule has 1 amide bonds. The van der Waals surface area contributed by atoms with E-state index in [1.165, 1.54) is 6.33 Å². The number of nitrogens with one attached hydrogen (secondary N) is 1. The van der Waals surface area contributed by atoms with Crippen LogP contribution in [0, 0.1) is 0 Å². The highest BCUT2D eigenvalue weighted by Crippen LogP contribution is 2.27. The summed E-state index contributed by atoms with van der Waals surface area (Å²) in [5.74, 6) is 1.40. The monoisotopic (exact) mass is 465 g/mol. The molecule has 2 aromatic carbocycles. The molecule has 0 radical (unpaired) electrons. The van der Waals surface area contributed by atoms with Crippen molar-refractivity contribution in [3.05, 3.63) is 82.8 Å². The first-order chi connectivity index (χ1) is 16.0. The van der Waals surface area contributed by atoms with Gasteiger partial charge in [0.25, 0.3) is 5.91 Å². The molecule has 1 N–H and O–H groups in total. The predicted molar refractivity (Wildman–Crippen MR) is 130 cm³/mol. The molecule has 0 bridgehead atoms. The third kappa shape index (κ3) is 5.61. The molecule has 2 heterocycles. The van der Waals surface area contributed by atoms with Crippen LogP contribution in [0.25, 0.3) is 0 Å². The Kier molecular flexibility index (Phi) is 7.42. The summed E-state index contributed by atoms with van der Waals surface area (Å²) in [5.41, 5.74) is 2.61. The van der Waals surface area contributed by atoms with Gasteiger partial charge in [0, 0.05) is 44.3 Å². The first kappa shape index (κ1) is 23.0. The van der Waals surface area contributed by atoms with Crippen LogP contribution in [0.1, 0.15) is 34.0 Å². The van der Waals surface area contributed by atoms with Crippen LogP contribution in [-0.4, -0.2) is 54.5 Å². The molecule has 0 spiro atoms. The lowest BCUT2D eigenvalue weighted by atomic mass is 10.1. The number of carbonyl (C=O) groups excluding carboxylic acids is 1. The van der Waals surface area contributed by atoms with Gasteiger partial charge in [-0.3, -0.25) is 4.79 Å². The molecule has 33 heavy (non-hydrogen) atoms. The van der Waals surface area contributed by atoms with E-state index in [4.69, 9.17) is 16.3 Å². The van der Waals surface area contributed by atoms with E-state index in [0.717, 1.165) is 29.8 Å². The van der Waals surface area contributed by atoms with E-state index in [-0.39, 0.29) is 12.0 Å². The first-order valence-electron chi connectivity index (χ1n) is 11.0. The Morgan fingerprint density at radius 2 is 2.00 bits per heavy atom. The Morgan fingerprint density at radius 3 is 2.76 bits per heavy atom. The highest BCUT2D eigenvalue weighted by molar-refractivity contribution is 6.30. The van der Waals surface area contributed by atoms with Crippen LogP contribution in [-0.2, 0) is 6.54 Å². The minimum Gasteiger partial charge on any atom is -0.486 e. The van der Waals surface area contributed by atoms with Gasteiger partial charge in [-0.15, -0.1) is 0 Å². The number of benzene rings is 2. The van der Waals surface area contributed by atoms with E-state index >= 15 is 0 Å². The summed E-state index contributed by atoms with van der Waals surface area (Å²) < 4.78 is 6.30. The average Bonchev–Trinajstić information content (AvgIpc) is 2.95. The van der Waals surface area contributed by atoms with Gasteiger partial charge in [0.15, 0.2) is 0 Å². The number of amides is 1. The second-order valence-corrected chi connectivity index (χ2v) is 8.54. The van der Waals surface area contributed by atoms with E-state index in [2.05, 4.69) is 15.3 Å². The molecule has 3 aromatic rings. The molecule has 1 aromatic heterocycles. The Labute approximate surface area is 199 Å². The summed E-state index contributed by atoms with van der Waals surface area (Å²) in [6.07, 6.45) is 3.78. The van der Waals surface area contributed by atoms with Crippen LogP contribution in [0.5, 0.6) is 5.75 Å². The van der Waals surface area contributed by atoms with Crippen molar-refractivity contribution < 1.29 is 9.53 Å². The van der Waals surface area contributed by atoms with E-state index in [0.29, 0.717) is 36.0 Å².